The maximum atomic E-state index is 12.5. The third-order valence-electron chi connectivity index (χ3n) is 3.41. The summed E-state index contributed by atoms with van der Waals surface area (Å²) in [5.74, 6) is -2.60. The molecule has 0 aliphatic carbocycles. The monoisotopic (exact) mass is 404 g/mol. The van der Waals surface area contributed by atoms with Crippen LogP contribution in [0.15, 0.2) is 18.2 Å². The first-order valence-electron chi connectivity index (χ1n) is 7.14. The maximum Gasteiger partial charge on any atom is 0.327 e. The SMILES string of the molecule is CC(=O)NC(CSC1CC(=O)N(c2ccc(Cl)c(Cl)c2)C1=O)C(=O)O. The summed E-state index contributed by atoms with van der Waals surface area (Å²) in [4.78, 5) is 47.8. The van der Waals surface area contributed by atoms with Crippen molar-refractivity contribution >= 4 is 64.3 Å². The van der Waals surface area contributed by atoms with Gasteiger partial charge in [0.25, 0.3) is 0 Å². The first kappa shape index (κ1) is 19.6. The second-order valence-corrected chi connectivity index (χ2v) is 7.33. The van der Waals surface area contributed by atoms with Gasteiger partial charge >= 0.3 is 5.97 Å². The third-order valence-corrected chi connectivity index (χ3v) is 5.44. The zero-order valence-corrected chi connectivity index (χ0v) is 15.3. The Hall–Kier alpha value is -1.77. The molecule has 0 saturated carbocycles. The molecule has 1 saturated heterocycles. The molecule has 7 nitrogen and oxygen atoms in total. The third kappa shape index (κ3) is 4.65. The van der Waals surface area contributed by atoms with Crippen LogP contribution in [0.3, 0.4) is 0 Å². The van der Waals surface area contributed by atoms with E-state index in [1.807, 2.05) is 0 Å². The van der Waals surface area contributed by atoms with Crippen molar-refractivity contribution in [2.45, 2.75) is 24.6 Å². The standard InChI is InChI=1S/C15H14Cl2N2O5S/c1-7(20)18-11(15(23)24)6-25-12-5-13(21)19(14(12)22)8-2-3-9(16)10(17)4-8/h2-4,11-12H,5-6H2,1H3,(H,18,20)(H,23,24). The number of aliphatic carboxylic acids is 1. The van der Waals surface area contributed by atoms with Gasteiger partial charge in [0.05, 0.1) is 21.0 Å². The van der Waals surface area contributed by atoms with E-state index in [-0.39, 0.29) is 17.2 Å². The van der Waals surface area contributed by atoms with Crippen molar-refractivity contribution in [3.63, 3.8) is 0 Å². The van der Waals surface area contributed by atoms with E-state index >= 15 is 0 Å². The van der Waals surface area contributed by atoms with Crippen LogP contribution < -0.4 is 10.2 Å². The molecule has 2 rings (SSSR count). The molecule has 2 N–H and O–H groups in total. The molecule has 1 heterocycles. The molecule has 1 aliphatic heterocycles. The van der Waals surface area contributed by atoms with E-state index in [9.17, 15) is 19.2 Å². The van der Waals surface area contributed by atoms with E-state index in [2.05, 4.69) is 5.32 Å². The highest BCUT2D eigenvalue weighted by Gasteiger charge is 2.40. The molecule has 10 heteroatoms. The second kappa shape index (κ2) is 8.07. The Morgan fingerprint density at radius 3 is 2.60 bits per heavy atom. The van der Waals surface area contributed by atoms with Crippen LogP contribution in [-0.2, 0) is 19.2 Å². The average Bonchev–Trinajstić information content (AvgIpc) is 2.80. The molecule has 0 spiro atoms. The molecule has 1 aromatic carbocycles. The number of anilines is 1. The summed E-state index contributed by atoms with van der Waals surface area (Å²) in [6.07, 6.45) is -0.0594. The van der Waals surface area contributed by atoms with Crippen LogP contribution in [-0.4, -0.2) is 45.8 Å². The molecule has 0 bridgehead atoms. The number of rotatable bonds is 6. The van der Waals surface area contributed by atoms with Gasteiger partial charge < -0.3 is 10.4 Å². The van der Waals surface area contributed by atoms with Gasteiger partial charge in [0.15, 0.2) is 0 Å². The number of carbonyl (C=O) groups is 4. The van der Waals surface area contributed by atoms with Gasteiger partial charge in [0.2, 0.25) is 17.7 Å². The highest BCUT2D eigenvalue weighted by atomic mass is 35.5. The number of imide groups is 1. The fourth-order valence-corrected chi connectivity index (χ4v) is 3.71. The number of carboxylic acids is 1. The molecule has 134 valence electrons. The van der Waals surface area contributed by atoms with Crippen molar-refractivity contribution in [3.8, 4) is 0 Å². The predicted octanol–water partition coefficient (Wildman–Crippen LogP) is 1.95. The minimum atomic E-state index is -1.21. The largest absolute Gasteiger partial charge is 0.480 e. The fraction of sp³-hybridized carbons (Fsp3) is 0.333. The van der Waals surface area contributed by atoms with E-state index in [0.717, 1.165) is 16.7 Å². The Labute approximate surface area is 157 Å². The summed E-state index contributed by atoms with van der Waals surface area (Å²) in [7, 11) is 0. The van der Waals surface area contributed by atoms with Crippen molar-refractivity contribution in [2.75, 3.05) is 10.7 Å². The number of hydrogen-bond donors (Lipinski definition) is 2. The van der Waals surface area contributed by atoms with Gasteiger partial charge in [-0.2, -0.15) is 0 Å². The second-order valence-electron chi connectivity index (χ2n) is 5.28. The Bertz CT molecular complexity index is 743. The molecule has 1 aliphatic rings. The lowest BCUT2D eigenvalue weighted by atomic mass is 10.3. The number of halogens is 2. The highest BCUT2D eigenvalue weighted by Crippen LogP contribution is 2.33. The molecular formula is C15H14Cl2N2O5S. The molecule has 1 fully saturated rings. The van der Waals surface area contributed by atoms with Crippen LogP contribution in [0.4, 0.5) is 5.69 Å². The van der Waals surface area contributed by atoms with Gasteiger partial charge in [-0.3, -0.25) is 14.4 Å². The van der Waals surface area contributed by atoms with Crippen LogP contribution >= 0.6 is 35.0 Å². The zero-order valence-electron chi connectivity index (χ0n) is 13.0. The Morgan fingerprint density at radius 2 is 2.04 bits per heavy atom. The smallest absolute Gasteiger partial charge is 0.327 e. The summed E-state index contributed by atoms with van der Waals surface area (Å²) < 4.78 is 0. The summed E-state index contributed by atoms with van der Waals surface area (Å²) in [6.45, 7) is 1.21. The van der Waals surface area contributed by atoms with Crippen molar-refractivity contribution in [3.05, 3.63) is 28.2 Å². The molecule has 1 aromatic rings. The Morgan fingerprint density at radius 1 is 1.36 bits per heavy atom. The van der Waals surface area contributed by atoms with E-state index in [1.165, 1.54) is 25.1 Å². The van der Waals surface area contributed by atoms with Crippen molar-refractivity contribution in [1.82, 2.24) is 5.32 Å². The fourth-order valence-electron chi connectivity index (χ4n) is 2.26. The van der Waals surface area contributed by atoms with Gasteiger partial charge in [0.1, 0.15) is 6.04 Å². The van der Waals surface area contributed by atoms with E-state index < -0.39 is 35.0 Å². The summed E-state index contributed by atoms with van der Waals surface area (Å²) in [5.41, 5.74) is 0.309. The molecular weight excluding hydrogens is 391 g/mol. The lowest BCUT2D eigenvalue weighted by Gasteiger charge is -2.17. The van der Waals surface area contributed by atoms with E-state index in [0.29, 0.717) is 10.7 Å². The lowest BCUT2D eigenvalue weighted by molar-refractivity contribution is -0.140. The number of carboxylic acid groups (broad SMARTS) is 1. The van der Waals surface area contributed by atoms with Crippen LogP contribution in [0.2, 0.25) is 10.0 Å². The van der Waals surface area contributed by atoms with E-state index in [4.69, 9.17) is 28.3 Å². The minimum absolute atomic E-state index is 0.0339. The lowest BCUT2D eigenvalue weighted by Crippen LogP contribution is -2.42. The number of benzene rings is 1. The molecule has 25 heavy (non-hydrogen) atoms. The predicted molar refractivity (Wildman–Crippen MR) is 95.1 cm³/mol. The topological polar surface area (TPSA) is 104 Å². The average molecular weight is 405 g/mol. The molecule has 0 aromatic heterocycles. The van der Waals surface area contributed by atoms with Crippen LogP contribution in [0.25, 0.3) is 0 Å². The number of nitrogens with zero attached hydrogens (tertiary/aromatic N) is 1. The van der Waals surface area contributed by atoms with Gasteiger partial charge in [-0.05, 0) is 18.2 Å². The summed E-state index contributed by atoms with van der Waals surface area (Å²) >= 11 is 12.8. The molecule has 2 atom stereocenters. The quantitative estimate of drug-likeness (QED) is 0.702. The van der Waals surface area contributed by atoms with Crippen molar-refractivity contribution in [1.29, 1.82) is 0 Å². The van der Waals surface area contributed by atoms with Gasteiger partial charge in [0, 0.05) is 19.1 Å². The van der Waals surface area contributed by atoms with E-state index in [1.54, 1.807) is 0 Å². The minimum Gasteiger partial charge on any atom is -0.480 e. The maximum absolute atomic E-state index is 12.5. The Kier molecular flexibility index (Phi) is 6.31. The van der Waals surface area contributed by atoms with Crippen LogP contribution in [0, 0.1) is 0 Å². The molecule has 2 unspecified atom stereocenters. The first-order valence-corrected chi connectivity index (χ1v) is 8.94. The van der Waals surface area contributed by atoms with Crippen molar-refractivity contribution in [2.24, 2.45) is 0 Å². The van der Waals surface area contributed by atoms with Crippen LogP contribution in [0.5, 0.6) is 0 Å². The van der Waals surface area contributed by atoms with Gasteiger partial charge in [-0.1, -0.05) is 23.2 Å². The summed E-state index contributed by atoms with van der Waals surface area (Å²) in [6, 6.07) is 3.28. The zero-order chi connectivity index (χ0) is 18.7. The number of hydrogen-bond acceptors (Lipinski definition) is 5. The first-order chi connectivity index (χ1) is 11.7. The molecule has 3 amide bonds. The van der Waals surface area contributed by atoms with Crippen molar-refractivity contribution < 1.29 is 24.3 Å². The Balaban J connectivity index is 2.08. The number of thioether (sulfide) groups is 1. The summed E-state index contributed by atoms with van der Waals surface area (Å²) in [5, 5.41) is 11.2. The number of carbonyl (C=O) groups excluding carboxylic acids is 3. The normalized spacial score (nSPS) is 18.4. The highest BCUT2D eigenvalue weighted by molar-refractivity contribution is 8.00. The molecule has 0 radical (unpaired) electrons. The van der Waals surface area contributed by atoms with Gasteiger partial charge in [-0.15, -0.1) is 11.8 Å². The van der Waals surface area contributed by atoms with Gasteiger partial charge in [-0.25, -0.2) is 9.69 Å². The number of amides is 3. The van der Waals surface area contributed by atoms with Crippen LogP contribution in [0.1, 0.15) is 13.3 Å². The number of nitrogens with one attached hydrogen (secondary N) is 1.